The molecule has 1 fully saturated rings. The minimum absolute atomic E-state index is 0.343. The molecule has 0 radical (unpaired) electrons. The Kier molecular flexibility index (Phi) is 3.97. The molecule has 29 heavy (non-hydrogen) atoms. The van der Waals surface area contributed by atoms with Crippen molar-refractivity contribution < 1.29 is 14.3 Å². The zero-order valence-corrected chi connectivity index (χ0v) is 17.5. The van der Waals surface area contributed by atoms with Gasteiger partial charge in [-0.2, -0.15) is 0 Å². The van der Waals surface area contributed by atoms with Gasteiger partial charge >= 0.3 is 5.97 Å². The highest BCUT2D eigenvalue weighted by atomic mass is 35.5. The third kappa shape index (κ3) is 2.83. The van der Waals surface area contributed by atoms with E-state index in [9.17, 15) is 4.79 Å². The van der Waals surface area contributed by atoms with E-state index in [-0.39, 0.29) is 5.97 Å². The Balaban J connectivity index is 1.87. The van der Waals surface area contributed by atoms with Crippen molar-refractivity contribution in [3.8, 4) is 11.4 Å². The summed E-state index contributed by atoms with van der Waals surface area (Å²) in [6.45, 7) is 5.64. The number of carbonyl (C=O) groups is 1. The molecular weight excluding hydrogens is 388 g/mol. The summed E-state index contributed by atoms with van der Waals surface area (Å²) >= 11 is 6.32. The summed E-state index contributed by atoms with van der Waals surface area (Å²) in [7, 11) is 0. The summed E-state index contributed by atoms with van der Waals surface area (Å²) < 4.78 is 14.5. The van der Waals surface area contributed by atoms with E-state index in [4.69, 9.17) is 21.1 Å². The number of aromatic nitrogens is 2. The van der Waals surface area contributed by atoms with Crippen molar-refractivity contribution in [2.75, 3.05) is 0 Å². The molecule has 0 amide bonds. The molecule has 1 aromatic carbocycles. The number of hydrogen-bond acceptors (Lipinski definition) is 4. The first-order chi connectivity index (χ1) is 13.8. The highest BCUT2D eigenvalue weighted by Crippen LogP contribution is 2.52. The van der Waals surface area contributed by atoms with Crippen LogP contribution in [0.5, 0.6) is 5.75 Å². The van der Waals surface area contributed by atoms with E-state index < -0.39 is 11.2 Å². The van der Waals surface area contributed by atoms with E-state index in [1.807, 2.05) is 51.1 Å². The summed E-state index contributed by atoms with van der Waals surface area (Å²) in [6.07, 6.45) is 5.54. The molecule has 3 aromatic rings. The van der Waals surface area contributed by atoms with Crippen molar-refractivity contribution >= 4 is 28.6 Å². The number of rotatable bonds is 1. The van der Waals surface area contributed by atoms with Gasteiger partial charge in [0.15, 0.2) is 5.60 Å². The Morgan fingerprint density at radius 3 is 2.72 bits per heavy atom. The first-order valence-corrected chi connectivity index (χ1v) is 10.4. The second-order valence-corrected chi connectivity index (χ2v) is 9.29. The van der Waals surface area contributed by atoms with Crippen LogP contribution >= 0.6 is 11.6 Å². The molecule has 2 aromatic heterocycles. The molecule has 0 bridgehead atoms. The van der Waals surface area contributed by atoms with Gasteiger partial charge in [-0.15, -0.1) is 0 Å². The number of esters is 1. The molecule has 0 unspecified atom stereocenters. The molecule has 2 aliphatic rings. The van der Waals surface area contributed by atoms with E-state index in [2.05, 4.69) is 9.55 Å². The third-order valence-corrected chi connectivity index (χ3v) is 5.88. The lowest BCUT2D eigenvalue weighted by Gasteiger charge is -2.37. The molecule has 0 N–H and O–H groups in total. The molecule has 150 valence electrons. The average molecular weight is 411 g/mol. The van der Waals surface area contributed by atoms with Gasteiger partial charge in [0.25, 0.3) is 0 Å². The molecule has 6 heteroatoms. The number of halogens is 1. The van der Waals surface area contributed by atoms with Crippen LogP contribution < -0.4 is 4.74 Å². The van der Waals surface area contributed by atoms with Crippen LogP contribution in [0.25, 0.3) is 16.7 Å². The Morgan fingerprint density at radius 1 is 1.24 bits per heavy atom. The van der Waals surface area contributed by atoms with E-state index in [0.29, 0.717) is 10.6 Å². The zero-order chi connectivity index (χ0) is 20.4. The molecule has 1 spiro atoms. The number of hydrogen-bond donors (Lipinski definition) is 0. The minimum Gasteiger partial charge on any atom is -0.479 e. The van der Waals surface area contributed by atoms with Crippen LogP contribution in [0.4, 0.5) is 0 Å². The van der Waals surface area contributed by atoms with E-state index in [1.165, 1.54) is 0 Å². The Labute approximate surface area is 174 Å². The van der Waals surface area contributed by atoms with E-state index in [0.717, 1.165) is 53.8 Å². The Morgan fingerprint density at radius 2 is 2.00 bits per heavy atom. The lowest BCUT2D eigenvalue weighted by Crippen LogP contribution is -2.38. The standard InChI is InChI=1S/C23H23ClN2O3/c1-22(2,3)29-21(27)18-15-7-6-12-25-20(15)26-16-13-14(24)8-9-17(16)28-23(19(18)26)10-4-5-11-23/h6-9,12-13H,4-5,10-11H2,1-3H3. The fraction of sp³-hybridized carbons (Fsp3) is 0.391. The Bertz CT molecular complexity index is 1140. The van der Waals surface area contributed by atoms with Gasteiger partial charge in [0, 0.05) is 16.6 Å². The zero-order valence-electron chi connectivity index (χ0n) is 16.8. The smallest absolute Gasteiger partial charge is 0.341 e. The number of ether oxygens (including phenoxy) is 2. The molecular formula is C23H23ClN2O3. The SMILES string of the molecule is CC(C)(C)OC(=O)c1c2n(c3ncccc13)-c1cc(Cl)ccc1OC21CCCC1. The number of carbonyl (C=O) groups excluding carboxylic acids is 1. The number of pyridine rings is 1. The fourth-order valence-corrected chi connectivity index (χ4v) is 4.78. The van der Waals surface area contributed by atoms with Gasteiger partial charge in [0.1, 0.15) is 17.0 Å². The van der Waals surface area contributed by atoms with Crippen molar-refractivity contribution in [3.63, 3.8) is 0 Å². The van der Waals surface area contributed by atoms with Crippen molar-refractivity contribution in [2.24, 2.45) is 0 Å². The van der Waals surface area contributed by atoms with Crippen molar-refractivity contribution in [1.29, 1.82) is 0 Å². The lowest BCUT2D eigenvalue weighted by atomic mass is 9.91. The van der Waals surface area contributed by atoms with Crippen LogP contribution in [-0.2, 0) is 10.3 Å². The van der Waals surface area contributed by atoms with Crippen LogP contribution in [0.1, 0.15) is 62.5 Å². The highest BCUT2D eigenvalue weighted by molar-refractivity contribution is 6.30. The fourth-order valence-electron chi connectivity index (χ4n) is 4.61. The third-order valence-electron chi connectivity index (χ3n) is 5.64. The predicted molar refractivity (Wildman–Crippen MR) is 112 cm³/mol. The molecule has 1 aliphatic carbocycles. The van der Waals surface area contributed by atoms with E-state index >= 15 is 0 Å². The van der Waals surface area contributed by atoms with E-state index in [1.54, 1.807) is 6.20 Å². The maximum absolute atomic E-state index is 13.4. The maximum atomic E-state index is 13.4. The lowest BCUT2D eigenvalue weighted by molar-refractivity contribution is 0.00512. The molecule has 1 saturated carbocycles. The molecule has 1 aliphatic heterocycles. The van der Waals surface area contributed by atoms with Gasteiger partial charge in [0.2, 0.25) is 0 Å². The normalized spacial score (nSPS) is 17.1. The van der Waals surface area contributed by atoms with Gasteiger partial charge in [-0.3, -0.25) is 4.57 Å². The number of nitrogens with zero attached hydrogens (tertiary/aromatic N) is 2. The second kappa shape index (κ2) is 6.23. The summed E-state index contributed by atoms with van der Waals surface area (Å²) in [5, 5.41) is 1.39. The first-order valence-electron chi connectivity index (χ1n) is 10.0. The largest absolute Gasteiger partial charge is 0.479 e. The molecule has 5 nitrogen and oxygen atoms in total. The average Bonchev–Trinajstić information content (AvgIpc) is 3.25. The summed E-state index contributed by atoms with van der Waals surface area (Å²) in [4.78, 5) is 18.0. The summed E-state index contributed by atoms with van der Waals surface area (Å²) in [5.74, 6) is 0.423. The van der Waals surface area contributed by atoms with Gasteiger partial charge in [-0.1, -0.05) is 11.6 Å². The molecule has 0 saturated heterocycles. The summed E-state index contributed by atoms with van der Waals surface area (Å²) in [5.41, 5.74) is 1.77. The maximum Gasteiger partial charge on any atom is 0.341 e. The quantitative estimate of drug-likeness (QED) is 0.476. The van der Waals surface area contributed by atoms with Crippen molar-refractivity contribution in [2.45, 2.75) is 57.7 Å². The highest BCUT2D eigenvalue weighted by Gasteiger charge is 2.48. The van der Waals surface area contributed by atoms with Gasteiger partial charge in [0.05, 0.1) is 16.9 Å². The Hall–Kier alpha value is -2.53. The molecule has 5 rings (SSSR count). The molecule has 0 atom stereocenters. The van der Waals surface area contributed by atoms with Gasteiger partial charge < -0.3 is 9.47 Å². The van der Waals surface area contributed by atoms with Crippen molar-refractivity contribution in [1.82, 2.24) is 9.55 Å². The van der Waals surface area contributed by atoms with Crippen molar-refractivity contribution in [3.05, 3.63) is 52.8 Å². The monoisotopic (exact) mass is 410 g/mol. The van der Waals surface area contributed by atoms with Crippen LogP contribution in [0.15, 0.2) is 36.5 Å². The van der Waals surface area contributed by atoms with Crippen LogP contribution in [0, 0.1) is 0 Å². The number of benzene rings is 1. The minimum atomic E-state index is -0.597. The second-order valence-electron chi connectivity index (χ2n) is 8.85. The molecule has 3 heterocycles. The van der Waals surface area contributed by atoms with Crippen LogP contribution in [0.2, 0.25) is 5.02 Å². The number of fused-ring (bicyclic) bond motifs is 6. The first kappa shape index (κ1) is 18.5. The van der Waals surface area contributed by atoms with Gasteiger partial charge in [-0.05, 0) is 76.8 Å². The van der Waals surface area contributed by atoms with Crippen LogP contribution in [-0.4, -0.2) is 21.1 Å². The van der Waals surface area contributed by atoms with Crippen LogP contribution in [0.3, 0.4) is 0 Å². The summed E-state index contributed by atoms with van der Waals surface area (Å²) in [6, 6.07) is 9.39. The van der Waals surface area contributed by atoms with Gasteiger partial charge in [-0.25, -0.2) is 9.78 Å². The topological polar surface area (TPSA) is 53.4 Å². The predicted octanol–water partition coefficient (Wildman–Crippen LogP) is 5.80.